The minimum Gasteiger partial charge on any atom is -0.383 e. The van der Waals surface area contributed by atoms with Gasteiger partial charge in [0.1, 0.15) is 5.69 Å². The number of nitro benzene ring substituents is 1. The van der Waals surface area contributed by atoms with Crippen molar-refractivity contribution in [1.82, 2.24) is 10.2 Å². The zero-order chi connectivity index (χ0) is 18.6. The number of morpholine rings is 1. The number of nitro groups is 1. The van der Waals surface area contributed by atoms with Gasteiger partial charge in [0.2, 0.25) is 0 Å². The third kappa shape index (κ3) is 5.14. The molecule has 1 aliphatic heterocycles. The van der Waals surface area contributed by atoms with E-state index < -0.39 is 0 Å². The van der Waals surface area contributed by atoms with Gasteiger partial charge in [-0.25, -0.2) is 0 Å². The van der Waals surface area contributed by atoms with Gasteiger partial charge >= 0.3 is 0 Å². The molecule has 0 unspecified atom stereocenters. The minimum absolute atomic E-state index is 0.0108. The SMILES string of the molecule is CNc1ccc(CNCC(C)(C)N2C[C@@H](C)O[C@H](C)C2)cc1[N+](=O)[O-]. The van der Waals surface area contributed by atoms with E-state index in [0.29, 0.717) is 12.2 Å². The predicted octanol–water partition coefficient (Wildman–Crippen LogP) is 2.61. The quantitative estimate of drug-likeness (QED) is 0.581. The van der Waals surface area contributed by atoms with Gasteiger partial charge in [0, 0.05) is 44.8 Å². The Morgan fingerprint density at radius 3 is 2.52 bits per heavy atom. The Balaban J connectivity index is 1.95. The Morgan fingerprint density at radius 1 is 1.32 bits per heavy atom. The van der Waals surface area contributed by atoms with E-state index in [1.165, 1.54) is 0 Å². The highest BCUT2D eigenvalue weighted by Crippen LogP contribution is 2.25. The zero-order valence-corrected chi connectivity index (χ0v) is 15.8. The van der Waals surface area contributed by atoms with Crippen LogP contribution in [0.1, 0.15) is 33.3 Å². The molecule has 1 aromatic carbocycles. The molecule has 0 bridgehead atoms. The summed E-state index contributed by atoms with van der Waals surface area (Å²) >= 11 is 0. The molecule has 2 N–H and O–H groups in total. The Morgan fingerprint density at radius 2 is 1.96 bits per heavy atom. The van der Waals surface area contributed by atoms with Crippen LogP contribution in [-0.2, 0) is 11.3 Å². The molecule has 7 heteroatoms. The third-order valence-electron chi connectivity index (χ3n) is 4.69. The van der Waals surface area contributed by atoms with E-state index in [1.54, 1.807) is 19.2 Å². The molecule has 1 aromatic rings. The van der Waals surface area contributed by atoms with E-state index in [4.69, 9.17) is 4.74 Å². The smallest absolute Gasteiger partial charge is 0.292 e. The van der Waals surface area contributed by atoms with Crippen molar-refractivity contribution in [2.45, 2.75) is 52.0 Å². The average molecular weight is 350 g/mol. The number of ether oxygens (including phenoxy) is 1. The molecule has 0 aliphatic carbocycles. The van der Waals surface area contributed by atoms with Crippen LogP contribution in [0.3, 0.4) is 0 Å². The van der Waals surface area contributed by atoms with E-state index >= 15 is 0 Å². The Kier molecular flexibility index (Phi) is 6.37. The van der Waals surface area contributed by atoms with Crippen molar-refractivity contribution in [1.29, 1.82) is 0 Å². The number of nitrogens with one attached hydrogen (secondary N) is 2. The lowest BCUT2D eigenvalue weighted by atomic mass is 10.00. The molecule has 0 saturated carbocycles. The Hall–Kier alpha value is -1.70. The summed E-state index contributed by atoms with van der Waals surface area (Å²) in [6.07, 6.45) is 0.472. The molecule has 7 nitrogen and oxygen atoms in total. The molecule has 1 saturated heterocycles. The van der Waals surface area contributed by atoms with Gasteiger partial charge < -0.3 is 15.4 Å². The van der Waals surface area contributed by atoms with Crippen molar-refractivity contribution in [3.8, 4) is 0 Å². The van der Waals surface area contributed by atoms with Crippen molar-refractivity contribution >= 4 is 11.4 Å². The van der Waals surface area contributed by atoms with Gasteiger partial charge in [-0.05, 0) is 39.3 Å². The fraction of sp³-hybridized carbons (Fsp3) is 0.667. The number of hydrogen-bond acceptors (Lipinski definition) is 6. The van der Waals surface area contributed by atoms with Gasteiger partial charge in [0.25, 0.3) is 5.69 Å². The van der Waals surface area contributed by atoms with Crippen LogP contribution in [0.5, 0.6) is 0 Å². The topological polar surface area (TPSA) is 79.7 Å². The van der Waals surface area contributed by atoms with E-state index in [2.05, 4.69) is 43.2 Å². The summed E-state index contributed by atoms with van der Waals surface area (Å²) in [7, 11) is 1.69. The first-order valence-corrected chi connectivity index (χ1v) is 8.79. The van der Waals surface area contributed by atoms with Crippen LogP contribution in [0, 0.1) is 10.1 Å². The molecule has 1 fully saturated rings. The van der Waals surface area contributed by atoms with Crippen molar-refractivity contribution < 1.29 is 9.66 Å². The van der Waals surface area contributed by atoms with Gasteiger partial charge in [-0.15, -0.1) is 0 Å². The lowest BCUT2D eigenvalue weighted by Crippen LogP contribution is -2.58. The summed E-state index contributed by atoms with van der Waals surface area (Å²) < 4.78 is 5.81. The summed E-state index contributed by atoms with van der Waals surface area (Å²) in [5.41, 5.74) is 1.54. The summed E-state index contributed by atoms with van der Waals surface area (Å²) in [6.45, 7) is 11.9. The second-order valence-corrected chi connectivity index (χ2v) is 7.44. The van der Waals surface area contributed by atoms with Gasteiger partial charge in [-0.3, -0.25) is 15.0 Å². The zero-order valence-electron chi connectivity index (χ0n) is 15.8. The number of hydrogen-bond donors (Lipinski definition) is 2. The van der Waals surface area contributed by atoms with E-state index in [1.807, 2.05) is 6.07 Å². The highest BCUT2D eigenvalue weighted by atomic mass is 16.6. The summed E-state index contributed by atoms with van der Waals surface area (Å²) in [4.78, 5) is 13.3. The van der Waals surface area contributed by atoms with Gasteiger partial charge in [-0.1, -0.05) is 6.07 Å². The molecule has 0 aromatic heterocycles. The molecule has 25 heavy (non-hydrogen) atoms. The number of benzene rings is 1. The maximum Gasteiger partial charge on any atom is 0.292 e. The molecule has 0 radical (unpaired) electrons. The number of rotatable bonds is 7. The average Bonchev–Trinajstić information content (AvgIpc) is 2.53. The van der Waals surface area contributed by atoms with Crippen molar-refractivity contribution in [2.24, 2.45) is 0 Å². The standard InChI is InChI=1S/C18H30N4O3/c1-13-10-21(11-14(2)25-13)18(3,4)12-20-9-15-6-7-16(19-5)17(8-15)22(23)24/h6-8,13-14,19-20H,9-12H2,1-5H3/t13-,14-/m1/s1. The Labute approximate surface area is 149 Å². The fourth-order valence-electron chi connectivity index (χ4n) is 3.35. The molecule has 2 rings (SSSR count). The Bertz CT molecular complexity index is 596. The van der Waals surface area contributed by atoms with Crippen LogP contribution in [0.25, 0.3) is 0 Å². The molecule has 1 heterocycles. The lowest BCUT2D eigenvalue weighted by molar-refractivity contribution is -0.384. The van der Waals surface area contributed by atoms with Gasteiger partial charge in [0.05, 0.1) is 17.1 Å². The van der Waals surface area contributed by atoms with E-state index in [0.717, 1.165) is 25.2 Å². The molecule has 2 atom stereocenters. The molecular weight excluding hydrogens is 320 g/mol. The maximum atomic E-state index is 11.2. The van der Waals surface area contributed by atoms with Crippen molar-refractivity contribution in [3.05, 3.63) is 33.9 Å². The van der Waals surface area contributed by atoms with Crippen LogP contribution in [0.4, 0.5) is 11.4 Å². The third-order valence-corrected chi connectivity index (χ3v) is 4.69. The predicted molar refractivity (Wildman–Crippen MR) is 100 cm³/mol. The summed E-state index contributed by atoms with van der Waals surface area (Å²) in [6, 6.07) is 5.30. The summed E-state index contributed by atoms with van der Waals surface area (Å²) in [5, 5.41) is 17.5. The van der Waals surface area contributed by atoms with Crippen LogP contribution >= 0.6 is 0 Å². The molecule has 0 amide bonds. The normalized spacial score (nSPS) is 22.0. The maximum absolute atomic E-state index is 11.2. The van der Waals surface area contributed by atoms with E-state index in [9.17, 15) is 10.1 Å². The monoisotopic (exact) mass is 350 g/mol. The first-order valence-electron chi connectivity index (χ1n) is 8.79. The fourth-order valence-corrected chi connectivity index (χ4v) is 3.35. The largest absolute Gasteiger partial charge is 0.383 e. The number of anilines is 1. The molecule has 0 spiro atoms. The first-order chi connectivity index (χ1) is 11.7. The van der Waals surface area contributed by atoms with Crippen LogP contribution in [0.2, 0.25) is 0 Å². The van der Waals surface area contributed by atoms with Crippen LogP contribution in [-0.4, -0.2) is 54.3 Å². The molecule has 1 aliphatic rings. The van der Waals surface area contributed by atoms with Gasteiger partial charge in [0.15, 0.2) is 0 Å². The summed E-state index contributed by atoms with van der Waals surface area (Å²) in [5.74, 6) is 0. The highest BCUT2D eigenvalue weighted by molar-refractivity contribution is 5.62. The number of nitrogens with zero attached hydrogens (tertiary/aromatic N) is 2. The van der Waals surface area contributed by atoms with Crippen LogP contribution in [0.15, 0.2) is 18.2 Å². The molecular formula is C18H30N4O3. The van der Waals surface area contributed by atoms with Crippen molar-refractivity contribution in [2.75, 3.05) is 32.0 Å². The lowest BCUT2D eigenvalue weighted by Gasteiger charge is -2.45. The van der Waals surface area contributed by atoms with Crippen LogP contribution < -0.4 is 10.6 Å². The minimum atomic E-state index is -0.351. The molecule has 140 valence electrons. The first kappa shape index (κ1) is 19.6. The highest BCUT2D eigenvalue weighted by Gasteiger charge is 2.32. The van der Waals surface area contributed by atoms with Gasteiger partial charge in [-0.2, -0.15) is 0 Å². The van der Waals surface area contributed by atoms with Crippen molar-refractivity contribution in [3.63, 3.8) is 0 Å². The van der Waals surface area contributed by atoms with E-state index in [-0.39, 0.29) is 28.4 Å². The second-order valence-electron chi connectivity index (χ2n) is 7.44. The second kappa shape index (κ2) is 8.12.